The molecule has 1 fully saturated rings. The molecule has 0 radical (unpaired) electrons. The molecule has 10 heteroatoms. The molecule has 1 aliphatic rings. The number of hydrogen-bond acceptors (Lipinski definition) is 5. The number of rotatable bonds is 6. The van der Waals surface area contributed by atoms with Crippen molar-refractivity contribution in [2.75, 3.05) is 19.6 Å². The smallest absolute Gasteiger partial charge is 0.259 e. The van der Waals surface area contributed by atoms with Crippen LogP contribution in [0, 0.1) is 6.92 Å². The Labute approximate surface area is 142 Å². The fourth-order valence-corrected chi connectivity index (χ4v) is 3.64. The van der Waals surface area contributed by atoms with Gasteiger partial charge in [-0.2, -0.15) is 0 Å². The Balaban J connectivity index is 0.00000264. The minimum atomic E-state index is -3.68. The maximum absolute atomic E-state index is 12.1. The van der Waals surface area contributed by atoms with E-state index in [1.165, 1.54) is 6.20 Å². The average Bonchev–Trinajstić information content (AvgIpc) is 3.06. The number of likely N-dealkylation sites (tertiary alicyclic amines) is 1. The number of hydrogen-bond donors (Lipinski definition) is 2. The molecular formula is C13H24ClN5O3S. The third kappa shape index (κ3) is 4.66. The van der Waals surface area contributed by atoms with Crippen LogP contribution in [0.3, 0.4) is 0 Å². The summed E-state index contributed by atoms with van der Waals surface area (Å²) in [5.74, 6) is 0.548. The summed E-state index contributed by atoms with van der Waals surface area (Å²) in [6.45, 7) is 2.94. The Kier molecular flexibility index (Phi) is 7.00. The highest BCUT2D eigenvalue weighted by molar-refractivity contribution is 7.89. The second-order valence-electron chi connectivity index (χ2n) is 5.50. The zero-order valence-corrected chi connectivity index (χ0v) is 15.0. The highest BCUT2D eigenvalue weighted by Crippen LogP contribution is 2.17. The molecule has 8 nitrogen and oxygen atoms in total. The Bertz CT molecular complexity index is 627. The molecule has 1 saturated heterocycles. The highest BCUT2D eigenvalue weighted by atomic mass is 35.5. The SMILES string of the molecule is Cc1nc(S(=O)(=O)NCCC(=O)N2CCCC2CN)cn1C.Cl. The fourth-order valence-electron chi connectivity index (χ4n) is 2.57. The second-order valence-corrected chi connectivity index (χ2v) is 7.22. The van der Waals surface area contributed by atoms with Crippen molar-refractivity contribution in [2.24, 2.45) is 12.8 Å². The Hall–Kier alpha value is -1.16. The first-order chi connectivity index (χ1) is 10.3. The first-order valence-corrected chi connectivity index (χ1v) is 8.82. The molecule has 1 atom stereocenters. The summed E-state index contributed by atoms with van der Waals surface area (Å²) in [5, 5.41) is -0.0269. The zero-order chi connectivity index (χ0) is 16.3. The molecule has 3 N–H and O–H groups in total. The van der Waals surface area contributed by atoms with Gasteiger partial charge in [0.05, 0.1) is 0 Å². The van der Waals surface area contributed by atoms with E-state index >= 15 is 0 Å². The van der Waals surface area contributed by atoms with Crippen molar-refractivity contribution >= 4 is 28.3 Å². The second kappa shape index (κ2) is 8.09. The molecule has 1 aromatic rings. The molecule has 0 aliphatic carbocycles. The van der Waals surface area contributed by atoms with Gasteiger partial charge in [-0.05, 0) is 19.8 Å². The van der Waals surface area contributed by atoms with Crippen molar-refractivity contribution in [3.05, 3.63) is 12.0 Å². The largest absolute Gasteiger partial charge is 0.338 e. The van der Waals surface area contributed by atoms with Crippen LogP contribution in [0.25, 0.3) is 0 Å². The van der Waals surface area contributed by atoms with Gasteiger partial charge in [-0.15, -0.1) is 12.4 Å². The lowest BCUT2D eigenvalue weighted by Crippen LogP contribution is -2.41. The summed E-state index contributed by atoms with van der Waals surface area (Å²) in [5.41, 5.74) is 5.64. The molecule has 1 aromatic heterocycles. The van der Waals surface area contributed by atoms with Gasteiger partial charge in [0.1, 0.15) is 5.82 Å². The van der Waals surface area contributed by atoms with Crippen LogP contribution in [0.2, 0.25) is 0 Å². The van der Waals surface area contributed by atoms with Crippen molar-refractivity contribution in [2.45, 2.75) is 37.3 Å². The van der Waals surface area contributed by atoms with Gasteiger partial charge in [0.2, 0.25) is 5.91 Å². The van der Waals surface area contributed by atoms with Crippen LogP contribution in [-0.2, 0) is 21.9 Å². The predicted molar refractivity (Wildman–Crippen MR) is 88.8 cm³/mol. The van der Waals surface area contributed by atoms with E-state index in [4.69, 9.17) is 5.73 Å². The monoisotopic (exact) mass is 365 g/mol. The number of carbonyl (C=O) groups excluding carboxylic acids is 1. The topological polar surface area (TPSA) is 110 Å². The van der Waals surface area contributed by atoms with E-state index in [1.807, 2.05) is 0 Å². The van der Waals surface area contributed by atoms with Gasteiger partial charge >= 0.3 is 0 Å². The van der Waals surface area contributed by atoms with Crippen LogP contribution in [-0.4, -0.2) is 54.5 Å². The summed E-state index contributed by atoms with van der Waals surface area (Å²) in [6.07, 6.45) is 3.44. The molecule has 0 bridgehead atoms. The first-order valence-electron chi connectivity index (χ1n) is 7.34. The van der Waals surface area contributed by atoms with Gasteiger partial charge in [-0.1, -0.05) is 0 Å². The van der Waals surface area contributed by atoms with Gasteiger partial charge in [0, 0.05) is 45.3 Å². The minimum Gasteiger partial charge on any atom is -0.338 e. The lowest BCUT2D eigenvalue weighted by atomic mass is 10.2. The number of aromatic nitrogens is 2. The number of aryl methyl sites for hydroxylation is 2. The summed E-state index contributed by atoms with van der Waals surface area (Å²) in [4.78, 5) is 17.8. The van der Waals surface area contributed by atoms with Crippen LogP contribution >= 0.6 is 12.4 Å². The van der Waals surface area contributed by atoms with Crippen LogP contribution < -0.4 is 10.5 Å². The Morgan fingerprint density at radius 1 is 1.52 bits per heavy atom. The lowest BCUT2D eigenvalue weighted by molar-refractivity contribution is -0.131. The number of nitrogens with two attached hydrogens (primary N) is 1. The van der Waals surface area contributed by atoms with E-state index in [9.17, 15) is 13.2 Å². The number of halogens is 1. The standard InChI is InChI=1S/C13H23N5O3S.ClH/c1-10-16-12(9-17(10)2)22(20,21)15-6-5-13(19)18-7-3-4-11(18)8-14;/h9,11,15H,3-8,14H2,1-2H3;1H. The van der Waals surface area contributed by atoms with Gasteiger partial charge in [0.25, 0.3) is 10.0 Å². The Morgan fingerprint density at radius 3 is 2.78 bits per heavy atom. The summed E-state index contributed by atoms with van der Waals surface area (Å²) in [7, 11) is -1.95. The lowest BCUT2D eigenvalue weighted by Gasteiger charge is -2.23. The zero-order valence-electron chi connectivity index (χ0n) is 13.4. The fraction of sp³-hybridized carbons (Fsp3) is 0.692. The molecule has 0 spiro atoms. The molecule has 1 aliphatic heterocycles. The molecule has 1 unspecified atom stereocenters. The third-order valence-electron chi connectivity index (χ3n) is 3.96. The number of amides is 1. The van der Waals surface area contributed by atoms with Gasteiger partial charge in [-0.3, -0.25) is 4.79 Å². The van der Waals surface area contributed by atoms with E-state index in [0.29, 0.717) is 18.9 Å². The Morgan fingerprint density at radius 2 is 2.22 bits per heavy atom. The van der Waals surface area contributed by atoms with Crippen LogP contribution in [0.15, 0.2) is 11.2 Å². The van der Waals surface area contributed by atoms with E-state index in [1.54, 1.807) is 23.4 Å². The highest BCUT2D eigenvalue weighted by Gasteiger charge is 2.27. The van der Waals surface area contributed by atoms with Crippen LogP contribution in [0.4, 0.5) is 0 Å². The van der Waals surface area contributed by atoms with Crippen molar-refractivity contribution in [3.8, 4) is 0 Å². The van der Waals surface area contributed by atoms with Gasteiger partial charge in [0.15, 0.2) is 5.03 Å². The van der Waals surface area contributed by atoms with Gasteiger partial charge in [-0.25, -0.2) is 18.1 Å². The number of sulfonamides is 1. The molecule has 1 amide bonds. The normalized spacial score (nSPS) is 18.0. The van der Waals surface area contributed by atoms with Crippen molar-refractivity contribution in [1.82, 2.24) is 19.2 Å². The number of nitrogens with zero attached hydrogens (tertiary/aromatic N) is 3. The van der Waals surface area contributed by atoms with Crippen LogP contribution in [0.1, 0.15) is 25.1 Å². The maximum atomic E-state index is 12.1. The molecule has 0 aromatic carbocycles. The number of carbonyl (C=O) groups is 1. The van der Waals surface area contributed by atoms with E-state index in [0.717, 1.165) is 12.8 Å². The van der Waals surface area contributed by atoms with Gasteiger partial charge < -0.3 is 15.2 Å². The van der Waals surface area contributed by atoms with E-state index in [-0.39, 0.29) is 42.3 Å². The van der Waals surface area contributed by atoms with Crippen LogP contribution in [0.5, 0.6) is 0 Å². The quantitative estimate of drug-likeness (QED) is 0.723. The van der Waals surface area contributed by atoms with Crippen molar-refractivity contribution in [1.29, 1.82) is 0 Å². The maximum Gasteiger partial charge on any atom is 0.259 e. The molecule has 2 rings (SSSR count). The predicted octanol–water partition coefficient (Wildman–Crippen LogP) is -0.232. The minimum absolute atomic E-state index is 0. The first kappa shape index (κ1) is 19.9. The number of imidazole rings is 1. The molecule has 0 saturated carbocycles. The number of nitrogens with one attached hydrogen (secondary N) is 1. The van der Waals surface area contributed by atoms with E-state index in [2.05, 4.69) is 9.71 Å². The third-order valence-corrected chi connectivity index (χ3v) is 5.29. The molecule has 2 heterocycles. The van der Waals surface area contributed by atoms with E-state index < -0.39 is 10.0 Å². The molecule has 132 valence electrons. The molecule has 23 heavy (non-hydrogen) atoms. The summed E-state index contributed by atoms with van der Waals surface area (Å²) >= 11 is 0. The summed E-state index contributed by atoms with van der Waals surface area (Å²) in [6, 6.07) is 0.0857. The van der Waals surface area contributed by atoms with Crippen molar-refractivity contribution < 1.29 is 13.2 Å². The average molecular weight is 366 g/mol. The summed E-state index contributed by atoms with van der Waals surface area (Å²) < 4.78 is 28.2. The van der Waals surface area contributed by atoms with Crippen molar-refractivity contribution in [3.63, 3.8) is 0 Å². The molecular weight excluding hydrogens is 342 g/mol.